The molecule has 0 aliphatic carbocycles. The minimum Gasteiger partial charge on any atom is -0.368 e. The topological polar surface area (TPSA) is 40.5 Å². The Hall–Kier alpha value is -1.27. The van der Waals surface area contributed by atoms with E-state index in [0.29, 0.717) is 0 Å². The first-order chi connectivity index (χ1) is 8.23. The van der Waals surface area contributed by atoms with Gasteiger partial charge in [0.1, 0.15) is 0 Å². The molecule has 1 aliphatic heterocycles. The van der Waals surface area contributed by atoms with Crippen molar-refractivity contribution in [3.63, 3.8) is 0 Å². The van der Waals surface area contributed by atoms with Crippen LogP contribution in [0.5, 0.6) is 0 Å². The average Bonchev–Trinajstić information content (AvgIpc) is 2.49. The molecule has 0 saturated carbocycles. The smallest absolute Gasteiger partial charge is 0.368 e. The average molecular weight is 280 g/mol. The largest absolute Gasteiger partial charge is 0.430 e. The zero-order valence-corrected chi connectivity index (χ0v) is 10.0. The van der Waals surface area contributed by atoms with Gasteiger partial charge in [-0.2, -0.15) is 13.2 Å². The zero-order chi connectivity index (χ0) is 13.7. The van der Waals surface area contributed by atoms with E-state index in [-0.39, 0.29) is 17.3 Å². The van der Waals surface area contributed by atoms with Gasteiger partial charge in [0.05, 0.1) is 5.69 Å². The summed E-state index contributed by atoms with van der Waals surface area (Å²) in [4.78, 5) is 12.7. The summed E-state index contributed by atoms with van der Waals surface area (Å²) in [6.45, 7) is 1.56. The van der Waals surface area contributed by atoms with E-state index in [1.807, 2.05) is 0 Å². The number of carbonyl (C=O) groups is 1. The SMILES string of the molecule is CCN1C(=O)C(O)(C(F)(F)F)c2cc(Cl)ccc21. The molecule has 0 fully saturated rings. The highest BCUT2D eigenvalue weighted by Crippen LogP contribution is 2.49. The molecule has 1 aromatic rings. The van der Waals surface area contributed by atoms with Gasteiger partial charge in [-0.1, -0.05) is 11.6 Å². The number of nitrogens with zero attached hydrogens (tertiary/aromatic N) is 1. The number of anilines is 1. The van der Waals surface area contributed by atoms with Crippen LogP contribution in [-0.4, -0.2) is 23.7 Å². The fourth-order valence-electron chi connectivity index (χ4n) is 2.04. The monoisotopic (exact) mass is 279 g/mol. The van der Waals surface area contributed by atoms with E-state index in [2.05, 4.69) is 0 Å². The lowest BCUT2D eigenvalue weighted by Crippen LogP contribution is -2.50. The maximum absolute atomic E-state index is 13.0. The van der Waals surface area contributed by atoms with Gasteiger partial charge in [0, 0.05) is 17.1 Å². The lowest BCUT2D eigenvalue weighted by atomic mass is 9.95. The first-order valence-corrected chi connectivity index (χ1v) is 5.52. The summed E-state index contributed by atoms with van der Waals surface area (Å²) < 4.78 is 38.9. The summed E-state index contributed by atoms with van der Waals surface area (Å²) in [7, 11) is 0. The van der Waals surface area contributed by atoms with Crippen LogP contribution in [0, 0.1) is 0 Å². The number of benzene rings is 1. The quantitative estimate of drug-likeness (QED) is 0.858. The zero-order valence-electron chi connectivity index (χ0n) is 9.25. The van der Waals surface area contributed by atoms with E-state index < -0.39 is 23.2 Å². The number of fused-ring (bicyclic) bond motifs is 1. The predicted octanol–water partition coefficient (Wildman–Crippen LogP) is 2.46. The van der Waals surface area contributed by atoms with Crippen molar-refractivity contribution in [2.75, 3.05) is 11.4 Å². The number of alkyl halides is 3. The highest BCUT2D eigenvalue weighted by molar-refractivity contribution is 6.31. The van der Waals surface area contributed by atoms with Gasteiger partial charge in [0.25, 0.3) is 11.5 Å². The molecule has 2 rings (SSSR count). The fraction of sp³-hybridized carbons (Fsp3) is 0.364. The van der Waals surface area contributed by atoms with Crippen LogP contribution in [0.25, 0.3) is 0 Å². The molecule has 3 nitrogen and oxygen atoms in total. The lowest BCUT2D eigenvalue weighted by molar-refractivity contribution is -0.253. The molecule has 98 valence electrons. The van der Waals surface area contributed by atoms with Gasteiger partial charge in [-0.25, -0.2) is 0 Å². The molecule has 1 unspecified atom stereocenters. The normalized spacial score (nSPS) is 23.4. The van der Waals surface area contributed by atoms with Crippen molar-refractivity contribution in [1.82, 2.24) is 0 Å². The van der Waals surface area contributed by atoms with Crippen LogP contribution in [0.15, 0.2) is 18.2 Å². The molecule has 0 aromatic heterocycles. The summed E-state index contributed by atoms with van der Waals surface area (Å²) in [5.41, 5.74) is -4.00. The number of rotatable bonds is 1. The second kappa shape index (κ2) is 3.86. The van der Waals surface area contributed by atoms with Crippen molar-refractivity contribution in [2.45, 2.75) is 18.7 Å². The summed E-state index contributed by atoms with van der Waals surface area (Å²) in [5.74, 6) is -1.39. The van der Waals surface area contributed by atoms with Crippen LogP contribution < -0.4 is 4.90 Å². The number of halogens is 4. The molecule has 1 aliphatic rings. The van der Waals surface area contributed by atoms with Crippen LogP contribution >= 0.6 is 11.6 Å². The second-order valence-electron chi connectivity index (χ2n) is 3.92. The fourth-order valence-corrected chi connectivity index (χ4v) is 2.21. The number of hydrogen-bond donors (Lipinski definition) is 1. The number of likely N-dealkylation sites (N-methyl/N-ethyl adjacent to an activating group) is 1. The Morgan fingerprint density at radius 3 is 2.56 bits per heavy atom. The molecule has 0 spiro atoms. The van der Waals surface area contributed by atoms with Crippen molar-refractivity contribution in [2.24, 2.45) is 0 Å². The van der Waals surface area contributed by atoms with Crippen molar-refractivity contribution >= 4 is 23.2 Å². The number of amides is 1. The number of hydrogen-bond acceptors (Lipinski definition) is 2. The molecule has 1 heterocycles. The van der Waals surface area contributed by atoms with E-state index in [0.717, 1.165) is 11.0 Å². The molecular weight excluding hydrogens is 271 g/mol. The van der Waals surface area contributed by atoms with Gasteiger partial charge in [0.15, 0.2) is 0 Å². The number of carbonyl (C=O) groups excluding carboxylic acids is 1. The molecule has 1 amide bonds. The Kier molecular flexibility index (Phi) is 2.82. The van der Waals surface area contributed by atoms with Crippen LogP contribution in [0.1, 0.15) is 12.5 Å². The molecule has 0 bridgehead atoms. The molecule has 1 N–H and O–H groups in total. The standard InChI is InChI=1S/C11H9ClF3NO2/c1-2-16-8-4-3-6(12)5-7(8)10(18,9(16)17)11(13,14)15/h3-5,18H,2H2,1H3. The van der Waals surface area contributed by atoms with Crippen molar-refractivity contribution in [3.05, 3.63) is 28.8 Å². The van der Waals surface area contributed by atoms with E-state index in [9.17, 15) is 23.1 Å². The minimum absolute atomic E-state index is 0.0298. The maximum Gasteiger partial charge on any atom is 0.430 e. The third kappa shape index (κ3) is 1.52. The van der Waals surface area contributed by atoms with E-state index in [1.54, 1.807) is 0 Å². The van der Waals surface area contributed by atoms with Gasteiger partial charge in [0.2, 0.25) is 0 Å². The maximum atomic E-state index is 13.0. The summed E-state index contributed by atoms with van der Waals surface area (Å²) >= 11 is 5.63. The van der Waals surface area contributed by atoms with Crippen molar-refractivity contribution in [3.8, 4) is 0 Å². The van der Waals surface area contributed by atoms with E-state index in [4.69, 9.17) is 11.6 Å². The Labute approximate surface area is 106 Å². The summed E-state index contributed by atoms with van der Waals surface area (Å²) in [6.07, 6.45) is -5.09. The highest BCUT2D eigenvalue weighted by Gasteiger charge is 2.66. The Morgan fingerprint density at radius 1 is 1.44 bits per heavy atom. The van der Waals surface area contributed by atoms with Crippen LogP contribution in [0.4, 0.5) is 18.9 Å². The van der Waals surface area contributed by atoms with Gasteiger partial charge in [-0.3, -0.25) is 4.79 Å². The van der Waals surface area contributed by atoms with Crippen LogP contribution in [-0.2, 0) is 10.4 Å². The van der Waals surface area contributed by atoms with Gasteiger partial charge >= 0.3 is 6.18 Å². The van der Waals surface area contributed by atoms with Gasteiger partial charge in [-0.05, 0) is 25.1 Å². The Balaban J connectivity index is 2.73. The molecule has 1 atom stereocenters. The second-order valence-corrected chi connectivity index (χ2v) is 4.36. The number of aliphatic hydroxyl groups is 1. The molecule has 1 aromatic carbocycles. The van der Waals surface area contributed by atoms with Gasteiger partial charge < -0.3 is 10.0 Å². The molecule has 7 heteroatoms. The van der Waals surface area contributed by atoms with Crippen molar-refractivity contribution in [1.29, 1.82) is 0 Å². The Morgan fingerprint density at radius 2 is 2.06 bits per heavy atom. The first kappa shape index (κ1) is 13.2. The lowest BCUT2D eigenvalue weighted by Gasteiger charge is -2.25. The van der Waals surface area contributed by atoms with Crippen LogP contribution in [0.2, 0.25) is 5.02 Å². The first-order valence-electron chi connectivity index (χ1n) is 5.14. The van der Waals surface area contributed by atoms with E-state index in [1.165, 1.54) is 19.1 Å². The summed E-state index contributed by atoms with van der Waals surface area (Å²) in [5, 5.41) is 9.83. The van der Waals surface area contributed by atoms with Crippen LogP contribution in [0.3, 0.4) is 0 Å². The Bertz CT molecular complexity index is 518. The third-order valence-corrected chi connectivity index (χ3v) is 3.16. The minimum atomic E-state index is -5.09. The molecular formula is C11H9ClF3NO2. The highest BCUT2D eigenvalue weighted by atomic mass is 35.5. The van der Waals surface area contributed by atoms with Crippen molar-refractivity contribution < 1.29 is 23.1 Å². The third-order valence-electron chi connectivity index (χ3n) is 2.92. The summed E-state index contributed by atoms with van der Waals surface area (Å²) in [6, 6.07) is 3.64. The molecule has 18 heavy (non-hydrogen) atoms. The van der Waals surface area contributed by atoms with E-state index >= 15 is 0 Å². The predicted molar refractivity (Wildman–Crippen MR) is 59.4 cm³/mol. The molecule has 0 saturated heterocycles. The van der Waals surface area contributed by atoms with Gasteiger partial charge in [-0.15, -0.1) is 0 Å². The molecule has 0 radical (unpaired) electrons.